The zero-order valence-electron chi connectivity index (χ0n) is 10.6. The van der Waals surface area contributed by atoms with E-state index in [2.05, 4.69) is 27.4 Å². The Kier molecular flexibility index (Phi) is 6.30. The largest absolute Gasteiger partial charge is 0.432 e. The van der Waals surface area contributed by atoms with Crippen LogP contribution in [-0.4, -0.2) is 5.97 Å². The van der Waals surface area contributed by atoms with E-state index in [1.165, 1.54) is 12.8 Å². The number of rotatable bonds is 6. The van der Waals surface area contributed by atoms with Crippen LogP contribution in [0.15, 0.2) is 12.3 Å². The van der Waals surface area contributed by atoms with Gasteiger partial charge in [0.05, 0.1) is 5.76 Å². The van der Waals surface area contributed by atoms with Gasteiger partial charge in [0.25, 0.3) is 0 Å². The molecular formula is C13H24O2. The van der Waals surface area contributed by atoms with E-state index < -0.39 is 0 Å². The van der Waals surface area contributed by atoms with Crippen LogP contribution in [0.4, 0.5) is 0 Å². The fourth-order valence-corrected chi connectivity index (χ4v) is 1.35. The third kappa shape index (κ3) is 11.1. The Morgan fingerprint density at radius 1 is 1.20 bits per heavy atom. The molecule has 15 heavy (non-hydrogen) atoms. The Morgan fingerprint density at radius 2 is 1.80 bits per heavy atom. The van der Waals surface area contributed by atoms with E-state index in [1.54, 1.807) is 6.92 Å². The lowest BCUT2D eigenvalue weighted by Crippen LogP contribution is -2.05. The molecule has 0 aromatic heterocycles. The van der Waals surface area contributed by atoms with Crippen LogP contribution in [0.5, 0.6) is 0 Å². The molecule has 0 heterocycles. The highest BCUT2D eigenvalue weighted by Gasteiger charge is 2.09. The summed E-state index contributed by atoms with van der Waals surface area (Å²) >= 11 is 0. The van der Waals surface area contributed by atoms with Crippen molar-refractivity contribution in [1.29, 1.82) is 0 Å². The maximum atomic E-state index is 11.1. The van der Waals surface area contributed by atoms with Gasteiger partial charge in [-0.2, -0.15) is 0 Å². The van der Waals surface area contributed by atoms with Gasteiger partial charge in [0.2, 0.25) is 0 Å². The van der Waals surface area contributed by atoms with Crippen LogP contribution in [0.3, 0.4) is 0 Å². The van der Waals surface area contributed by atoms with Crippen molar-refractivity contribution < 1.29 is 9.53 Å². The highest BCUT2D eigenvalue weighted by molar-refractivity contribution is 5.70. The molecule has 0 atom stereocenters. The molecule has 0 saturated carbocycles. The lowest BCUT2D eigenvalue weighted by atomic mass is 9.89. The molecule has 88 valence electrons. The van der Waals surface area contributed by atoms with Crippen molar-refractivity contribution >= 4 is 5.97 Å². The molecule has 0 fully saturated rings. The Morgan fingerprint density at radius 3 is 2.27 bits per heavy atom. The Labute approximate surface area is 93.7 Å². The van der Waals surface area contributed by atoms with Crippen molar-refractivity contribution in [2.24, 2.45) is 5.41 Å². The summed E-state index contributed by atoms with van der Waals surface area (Å²) in [7, 11) is 0. The van der Waals surface area contributed by atoms with Gasteiger partial charge in [-0.1, -0.05) is 40.2 Å². The number of ether oxygens (including phenoxy) is 1. The number of allylic oxidation sites excluding steroid dienone is 1. The smallest absolute Gasteiger partial charge is 0.310 e. The summed E-state index contributed by atoms with van der Waals surface area (Å²) in [5.41, 5.74) is 0.401. The third-order valence-electron chi connectivity index (χ3n) is 2.10. The molecule has 0 aromatic carbocycles. The first kappa shape index (κ1) is 14.2. The number of hydrogen-bond acceptors (Lipinski definition) is 2. The molecule has 0 radical (unpaired) electrons. The van der Waals surface area contributed by atoms with Crippen molar-refractivity contribution in [1.82, 2.24) is 0 Å². The van der Waals surface area contributed by atoms with Crippen LogP contribution in [0.2, 0.25) is 0 Å². The molecule has 2 nitrogen and oxygen atoms in total. The second-order valence-corrected chi connectivity index (χ2v) is 5.30. The van der Waals surface area contributed by atoms with Crippen molar-refractivity contribution in [3.05, 3.63) is 12.3 Å². The van der Waals surface area contributed by atoms with Gasteiger partial charge < -0.3 is 4.74 Å². The molecule has 0 rings (SSSR count). The van der Waals surface area contributed by atoms with Gasteiger partial charge in [-0.3, -0.25) is 4.79 Å². The Hall–Kier alpha value is -0.790. The summed E-state index contributed by atoms with van der Waals surface area (Å²) in [6, 6.07) is 0. The van der Waals surface area contributed by atoms with Crippen LogP contribution < -0.4 is 0 Å². The van der Waals surface area contributed by atoms with Gasteiger partial charge in [0.1, 0.15) is 0 Å². The minimum absolute atomic E-state index is 0.154. The first-order valence-corrected chi connectivity index (χ1v) is 5.67. The van der Waals surface area contributed by atoms with Crippen molar-refractivity contribution in [2.45, 2.75) is 59.8 Å². The van der Waals surface area contributed by atoms with E-state index in [0.717, 1.165) is 12.8 Å². The van der Waals surface area contributed by atoms with E-state index in [-0.39, 0.29) is 5.97 Å². The average Bonchev–Trinajstić information content (AvgIpc) is 1.99. The third-order valence-corrected chi connectivity index (χ3v) is 2.10. The molecule has 0 aliphatic heterocycles. The molecule has 0 spiro atoms. The Balaban J connectivity index is 3.39. The molecule has 0 aliphatic rings. The molecular weight excluding hydrogens is 188 g/mol. The second kappa shape index (κ2) is 6.65. The highest BCUT2D eigenvalue weighted by atomic mass is 16.5. The molecule has 0 aromatic rings. The molecule has 0 aliphatic carbocycles. The normalized spacial score (nSPS) is 11.2. The van der Waals surface area contributed by atoms with Gasteiger partial charge in [-0.15, -0.1) is 0 Å². The van der Waals surface area contributed by atoms with Crippen molar-refractivity contribution in [3.63, 3.8) is 0 Å². The zero-order valence-corrected chi connectivity index (χ0v) is 10.6. The molecule has 0 unspecified atom stereocenters. The first-order chi connectivity index (χ1) is 6.81. The molecule has 0 saturated heterocycles. The maximum Gasteiger partial charge on any atom is 0.310 e. The molecule has 0 amide bonds. The summed E-state index contributed by atoms with van der Waals surface area (Å²) in [6.07, 6.45) is 4.92. The van der Waals surface area contributed by atoms with E-state index in [0.29, 0.717) is 17.6 Å². The summed E-state index contributed by atoms with van der Waals surface area (Å²) in [5.74, 6) is 0.327. The number of unbranched alkanes of at least 4 members (excludes halogenated alkanes) is 2. The number of carbonyl (C=O) groups excluding carboxylic acids is 1. The molecule has 2 heteroatoms. The summed E-state index contributed by atoms with van der Waals surface area (Å²) < 4.78 is 4.86. The Bertz CT molecular complexity index is 211. The first-order valence-electron chi connectivity index (χ1n) is 5.67. The van der Waals surface area contributed by atoms with Gasteiger partial charge in [-0.25, -0.2) is 0 Å². The number of hydrogen-bond donors (Lipinski definition) is 0. The topological polar surface area (TPSA) is 26.3 Å². The number of carbonyl (C=O) groups is 1. The predicted molar refractivity (Wildman–Crippen MR) is 63.4 cm³/mol. The quantitative estimate of drug-likeness (QED) is 0.377. The van der Waals surface area contributed by atoms with Crippen LogP contribution in [0.1, 0.15) is 59.8 Å². The number of esters is 1. The lowest BCUT2D eigenvalue weighted by molar-refractivity contribution is -0.139. The predicted octanol–water partition coefficient (Wildman–Crippen LogP) is 4.06. The summed E-state index contributed by atoms with van der Waals surface area (Å²) in [4.78, 5) is 11.1. The summed E-state index contributed by atoms with van der Waals surface area (Å²) in [5, 5.41) is 0. The maximum absolute atomic E-state index is 11.1. The second-order valence-electron chi connectivity index (χ2n) is 5.30. The van der Waals surface area contributed by atoms with Crippen LogP contribution in [-0.2, 0) is 9.53 Å². The fourth-order valence-electron chi connectivity index (χ4n) is 1.35. The summed E-state index contributed by atoms with van der Waals surface area (Å²) in [6.45, 7) is 11.9. The van der Waals surface area contributed by atoms with Gasteiger partial charge in [0, 0.05) is 6.42 Å². The van der Waals surface area contributed by atoms with Gasteiger partial charge >= 0.3 is 5.97 Å². The van der Waals surface area contributed by atoms with Crippen molar-refractivity contribution in [2.75, 3.05) is 0 Å². The minimum atomic E-state index is -0.154. The minimum Gasteiger partial charge on any atom is -0.432 e. The lowest BCUT2D eigenvalue weighted by Gasteiger charge is -2.17. The zero-order chi connectivity index (χ0) is 11.9. The van der Waals surface area contributed by atoms with Gasteiger partial charge in [-0.05, 0) is 25.2 Å². The molecule has 0 N–H and O–H groups in total. The van der Waals surface area contributed by atoms with Crippen LogP contribution >= 0.6 is 0 Å². The van der Waals surface area contributed by atoms with E-state index in [9.17, 15) is 4.79 Å². The highest BCUT2D eigenvalue weighted by Crippen LogP contribution is 2.22. The standard InChI is InChI=1S/C13H24O2/c1-11(2)15-12(14)9-7-6-8-10-13(3,4)5/h1,6-10H2,2-5H3. The molecule has 0 bridgehead atoms. The van der Waals surface area contributed by atoms with E-state index in [1.807, 2.05) is 0 Å². The van der Waals surface area contributed by atoms with E-state index in [4.69, 9.17) is 4.74 Å². The van der Waals surface area contributed by atoms with Crippen LogP contribution in [0.25, 0.3) is 0 Å². The van der Waals surface area contributed by atoms with Crippen molar-refractivity contribution in [3.8, 4) is 0 Å². The monoisotopic (exact) mass is 212 g/mol. The SMILES string of the molecule is C=C(C)OC(=O)CCCCCC(C)(C)C. The average molecular weight is 212 g/mol. The van der Waals surface area contributed by atoms with Gasteiger partial charge in [0.15, 0.2) is 0 Å². The van der Waals surface area contributed by atoms with E-state index >= 15 is 0 Å². The fraction of sp³-hybridized carbons (Fsp3) is 0.769. The van der Waals surface area contributed by atoms with Crippen LogP contribution in [0, 0.1) is 5.41 Å².